The first kappa shape index (κ1) is 27.6. The molecule has 4 aliphatic rings. The third kappa shape index (κ3) is 4.74. The van der Waals surface area contributed by atoms with E-state index in [0.29, 0.717) is 12.8 Å². The van der Waals surface area contributed by atoms with Crippen molar-refractivity contribution >= 4 is 17.5 Å². The van der Waals surface area contributed by atoms with Gasteiger partial charge in [0.05, 0.1) is 6.10 Å². The van der Waals surface area contributed by atoms with Crippen molar-refractivity contribution in [3.05, 3.63) is 23.8 Å². The van der Waals surface area contributed by atoms with E-state index < -0.39 is 52.4 Å². The van der Waals surface area contributed by atoms with Crippen LogP contribution in [0.15, 0.2) is 23.8 Å². The summed E-state index contributed by atoms with van der Waals surface area (Å²) < 4.78 is 36.9. The van der Waals surface area contributed by atoms with E-state index in [1.165, 1.54) is 39.0 Å². The summed E-state index contributed by atoms with van der Waals surface area (Å²) in [5.41, 5.74) is -4.15. The SMILES string of the molecule is CC(=O)OCC(=O)C1CCC2[C@@H]3C[C@H](F)C4=CC(=O)C=CC4(C)[C@@]3(F)C(O)CC12C.CC(C)(O)O. The number of Topliss-reactive ketones (excluding diaryl/α,β-unsaturated/α-hetero) is 1. The molecule has 0 amide bonds. The summed E-state index contributed by atoms with van der Waals surface area (Å²) in [6, 6.07) is 0. The minimum atomic E-state index is -2.13. The first-order valence-corrected chi connectivity index (χ1v) is 12.0. The Morgan fingerprint density at radius 2 is 1.80 bits per heavy atom. The van der Waals surface area contributed by atoms with E-state index in [2.05, 4.69) is 0 Å². The fourth-order valence-corrected chi connectivity index (χ4v) is 7.00. The molecule has 3 saturated carbocycles. The number of carbonyl (C=O) groups excluding carboxylic acids is 3. The zero-order valence-electron chi connectivity index (χ0n) is 20.9. The van der Waals surface area contributed by atoms with E-state index in [1.54, 1.807) is 6.92 Å². The molecule has 0 saturated heterocycles. The van der Waals surface area contributed by atoms with Crippen LogP contribution in [0.25, 0.3) is 0 Å². The van der Waals surface area contributed by atoms with Gasteiger partial charge >= 0.3 is 5.97 Å². The van der Waals surface area contributed by atoms with Gasteiger partial charge < -0.3 is 20.1 Å². The molecule has 3 N–H and O–H groups in total. The van der Waals surface area contributed by atoms with Gasteiger partial charge in [0.25, 0.3) is 0 Å². The van der Waals surface area contributed by atoms with Gasteiger partial charge in [-0.3, -0.25) is 14.4 Å². The molecule has 35 heavy (non-hydrogen) atoms. The molecule has 3 fully saturated rings. The number of hydrogen-bond donors (Lipinski definition) is 3. The van der Waals surface area contributed by atoms with Crippen LogP contribution in [0.5, 0.6) is 0 Å². The number of allylic oxidation sites excluding steroid dienone is 4. The Labute approximate surface area is 204 Å². The van der Waals surface area contributed by atoms with Crippen molar-refractivity contribution in [3.63, 3.8) is 0 Å². The molecule has 4 aliphatic carbocycles. The van der Waals surface area contributed by atoms with Gasteiger partial charge in [-0.1, -0.05) is 13.0 Å². The number of esters is 1. The molecule has 0 heterocycles. The topological polar surface area (TPSA) is 121 Å². The van der Waals surface area contributed by atoms with Crippen LogP contribution in [-0.2, 0) is 19.1 Å². The number of rotatable bonds is 3. The van der Waals surface area contributed by atoms with Gasteiger partial charge in [-0.15, -0.1) is 0 Å². The normalized spacial score (nSPS) is 42.1. The van der Waals surface area contributed by atoms with Gasteiger partial charge in [0.1, 0.15) is 12.8 Å². The number of aliphatic hydroxyl groups is 3. The second kappa shape index (κ2) is 9.16. The molecule has 9 heteroatoms. The maximum atomic E-state index is 16.8. The van der Waals surface area contributed by atoms with Gasteiger partial charge in [0, 0.05) is 24.2 Å². The van der Waals surface area contributed by atoms with E-state index >= 15 is 8.78 Å². The second-order valence-corrected chi connectivity index (χ2v) is 11.3. The van der Waals surface area contributed by atoms with Crippen molar-refractivity contribution in [3.8, 4) is 0 Å². The Hall–Kier alpha value is -1.97. The van der Waals surface area contributed by atoms with Crippen LogP contribution >= 0.6 is 0 Å². The van der Waals surface area contributed by atoms with Crippen LogP contribution in [0.3, 0.4) is 0 Å². The minimum absolute atomic E-state index is 0.0583. The molecule has 0 aromatic carbocycles. The lowest BCUT2D eigenvalue weighted by molar-refractivity contribution is -0.202. The van der Waals surface area contributed by atoms with Gasteiger partial charge in [-0.2, -0.15) is 0 Å². The third-order valence-electron chi connectivity index (χ3n) is 8.43. The summed E-state index contributed by atoms with van der Waals surface area (Å²) >= 11 is 0. The Morgan fingerprint density at radius 3 is 2.37 bits per heavy atom. The molecule has 0 aromatic heterocycles. The highest BCUT2D eigenvalue weighted by molar-refractivity contribution is 6.01. The second-order valence-electron chi connectivity index (χ2n) is 11.3. The van der Waals surface area contributed by atoms with Gasteiger partial charge in [-0.25, -0.2) is 8.78 Å². The first-order chi connectivity index (χ1) is 15.9. The number of ether oxygens (including phenoxy) is 1. The molecular weight excluding hydrogens is 462 g/mol. The minimum Gasteiger partial charge on any atom is -0.458 e. The summed E-state index contributed by atoms with van der Waals surface area (Å²) in [4.78, 5) is 35.7. The lowest BCUT2D eigenvalue weighted by atomic mass is 9.45. The molecule has 4 rings (SSSR count). The van der Waals surface area contributed by atoms with E-state index in [-0.39, 0.29) is 42.5 Å². The Kier molecular flexibility index (Phi) is 7.23. The van der Waals surface area contributed by atoms with Crippen molar-refractivity contribution < 1.29 is 43.2 Å². The first-order valence-electron chi connectivity index (χ1n) is 12.0. The third-order valence-corrected chi connectivity index (χ3v) is 8.43. The summed E-state index contributed by atoms with van der Waals surface area (Å²) in [6.45, 7) is 6.91. The van der Waals surface area contributed by atoms with E-state index in [1.807, 2.05) is 6.92 Å². The number of fused-ring (bicyclic) bond motifs is 5. The fraction of sp³-hybridized carbons (Fsp3) is 0.731. The molecule has 0 aromatic rings. The standard InChI is InChI=1S/C23H28F2O5.C3H8O2/c1-12(26)30-11-19(28)15-5-4-14-16-9-18(24)17-8-13(27)6-7-22(17,3)23(16,25)20(29)10-21(14,15)2;1-3(2,4)5/h6-8,14-16,18,20,29H,4-5,9-11H2,1-3H3;4-5H,1-2H3/t14?,15?,16-,18-,20?,21?,22?,23-;/m0./s1. The van der Waals surface area contributed by atoms with Crippen LogP contribution in [0, 0.1) is 28.6 Å². The summed E-state index contributed by atoms with van der Waals surface area (Å²) in [7, 11) is 0. The van der Waals surface area contributed by atoms with E-state index in [4.69, 9.17) is 14.9 Å². The largest absolute Gasteiger partial charge is 0.458 e. The predicted octanol–water partition coefficient (Wildman–Crippen LogP) is 2.76. The Balaban J connectivity index is 0.000000623. The zero-order chi connectivity index (χ0) is 26.6. The maximum absolute atomic E-state index is 16.8. The average Bonchev–Trinajstić information content (AvgIpc) is 3.05. The highest BCUT2D eigenvalue weighted by Crippen LogP contribution is 2.69. The molecule has 0 aliphatic heterocycles. The van der Waals surface area contributed by atoms with E-state index in [0.717, 1.165) is 0 Å². The average molecular weight is 499 g/mol. The quantitative estimate of drug-likeness (QED) is 0.404. The lowest BCUT2D eigenvalue weighted by Crippen LogP contribution is -2.68. The molecular formula is C26H36F2O7. The van der Waals surface area contributed by atoms with Crippen molar-refractivity contribution in [2.24, 2.45) is 28.6 Å². The Morgan fingerprint density at radius 1 is 1.20 bits per heavy atom. The molecule has 0 spiro atoms. The van der Waals surface area contributed by atoms with Crippen molar-refractivity contribution in [1.82, 2.24) is 0 Å². The fourth-order valence-electron chi connectivity index (χ4n) is 7.00. The molecule has 0 radical (unpaired) electrons. The molecule has 7 nitrogen and oxygen atoms in total. The summed E-state index contributed by atoms with van der Waals surface area (Å²) in [5, 5.41) is 27.3. The summed E-state index contributed by atoms with van der Waals surface area (Å²) in [6.07, 6.45) is 1.90. The van der Waals surface area contributed by atoms with Gasteiger partial charge in [-0.05, 0) is 75.5 Å². The summed E-state index contributed by atoms with van der Waals surface area (Å²) in [5.74, 6) is -4.22. The van der Waals surface area contributed by atoms with Crippen molar-refractivity contribution in [1.29, 1.82) is 0 Å². The number of hydrogen-bond acceptors (Lipinski definition) is 7. The van der Waals surface area contributed by atoms with Crippen LogP contribution in [0.2, 0.25) is 0 Å². The molecule has 0 bridgehead atoms. The van der Waals surface area contributed by atoms with Crippen LogP contribution in [0.1, 0.15) is 60.3 Å². The van der Waals surface area contributed by atoms with Gasteiger partial charge in [0.2, 0.25) is 0 Å². The van der Waals surface area contributed by atoms with E-state index in [9.17, 15) is 19.5 Å². The van der Waals surface area contributed by atoms with Crippen molar-refractivity contribution in [2.75, 3.05) is 6.61 Å². The predicted molar refractivity (Wildman–Crippen MR) is 122 cm³/mol. The zero-order valence-corrected chi connectivity index (χ0v) is 20.9. The molecule has 8 atom stereocenters. The molecule has 5 unspecified atom stereocenters. The van der Waals surface area contributed by atoms with Crippen LogP contribution in [-0.4, -0.2) is 63.2 Å². The van der Waals surface area contributed by atoms with Gasteiger partial charge in [0.15, 0.2) is 23.0 Å². The number of carbonyl (C=O) groups is 3. The number of alkyl halides is 2. The smallest absolute Gasteiger partial charge is 0.303 e. The maximum Gasteiger partial charge on any atom is 0.303 e. The highest BCUT2D eigenvalue weighted by Gasteiger charge is 2.72. The number of halogens is 2. The highest BCUT2D eigenvalue weighted by atomic mass is 19.1. The monoisotopic (exact) mass is 498 g/mol. The lowest BCUT2D eigenvalue weighted by Gasteiger charge is -2.62. The number of ketones is 2. The number of aliphatic hydroxyl groups excluding tert-OH is 1. The van der Waals surface area contributed by atoms with Crippen LogP contribution < -0.4 is 0 Å². The Bertz CT molecular complexity index is 948. The molecule has 196 valence electrons. The van der Waals surface area contributed by atoms with Crippen LogP contribution in [0.4, 0.5) is 8.78 Å². The van der Waals surface area contributed by atoms with Crippen molar-refractivity contribution in [2.45, 2.75) is 84.0 Å².